The number of methoxy groups -OCH3 is 1. The van der Waals surface area contributed by atoms with Crippen LogP contribution in [-0.2, 0) is 6.42 Å². The smallest absolute Gasteiger partial charge is 0.212 e. The van der Waals surface area contributed by atoms with Gasteiger partial charge in [-0.05, 0) is 18.4 Å². The van der Waals surface area contributed by atoms with Gasteiger partial charge in [-0.15, -0.1) is 0 Å². The van der Waals surface area contributed by atoms with Gasteiger partial charge in [0.25, 0.3) is 0 Å². The van der Waals surface area contributed by atoms with E-state index in [4.69, 9.17) is 10.5 Å². The van der Waals surface area contributed by atoms with Crippen LogP contribution in [0.3, 0.4) is 0 Å². The van der Waals surface area contributed by atoms with Crippen molar-refractivity contribution in [2.75, 3.05) is 7.11 Å². The first-order chi connectivity index (χ1) is 7.76. The Kier molecular flexibility index (Phi) is 5.86. The Bertz CT molecular complexity index is 284. The number of ether oxygens (including phenoxy) is 1. The van der Waals surface area contributed by atoms with Gasteiger partial charge < -0.3 is 10.5 Å². The number of unbranched alkanes of at least 4 members (excludes halogenated alkanes) is 2. The molecule has 1 rings (SSSR count). The van der Waals surface area contributed by atoms with E-state index < -0.39 is 0 Å². The van der Waals surface area contributed by atoms with Crippen molar-refractivity contribution in [2.45, 2.75) is 45.1 Å². The predicted octanol–water partition coefficient (Wildman–Crippen LogP) is 2.54. The second-order valence-electron chi connectivity index (χ2n) is 4.17. The van der Waals surface area contributed by atoms with Crippen molar-refractivity contribution in [3.63, 3.8) is 0 Å². The second kappa shape index (κ2) is 7.23. The van der Waals surface area contributed by atoms with Crippen LogP contribution in [0.25, 0.3) is 0 Å². The highest BCUT2D eigenvalue weighted by Gasteiger charge is 2.04. The molecule has 90 valence electrons. The lowest BCUT2D eigenvalue weighted by molar-refractivity contribution is 0.397. The first-order valence-electron chi connectivity index (χ1n) is 6.00. The Balaban J connectivity index is 2.34. The fourth-order valence-electron chi connectivity index (χ4n) is 1.71. The predicted molar refractivity (Wildman–Crippen MR) is 66.6 cm³/mol. The van der Waals surface area contributed by atoms with E-state index in [9.17, 15) is 0 Å². The van der Waals surface area contributed by atoms with Crippen LogP contribution in [0.1, 0.15) is 38.2 Å². The highest BCUT2D eigenvalue weighted by molar-refractivity contribution is 5.18. The molecule has 0 aliphatic carbocycles. The molecule has 1 unspecified atom stereocenters. The largest absolute Gasteiger partial charge is 0.481 e. The lowest BCUT2D eigenvalue weighted by Crippen LogP contribution is -2.22. The third kappa shape index (κ3) is 4.62. The molecule has 0 aromatic carbocycles. The zero-order chi connectivity index (χ0) is 11.8. The molecular formula is C13H22N2O. The topological polar surface area (TPSA) is 48.1 Å². The molecule has 0 amide bonds. The molecule has 2 N–H and O–H groups in total. The standard InChI is InChI=1S/C13H22N2O/c1-3-4-5-6-12(14)9-11-7-8-13(16-2)15-10-11/h7-8,10,12H,3-6,9,14H2,1-2H3. The summed E-state index contributed by atoms with van der Waals surface area (Å²) in [5.41, 5.74) is 7.24. The lowest BCUT2D eigenvalue weighted by Gasteiger charge is -2.11. The van der Waals surface area contributed by atoms with Gasteiger partial charge in [0, 0.05) is 18.3 Å². The Morgan fingerprint density at radius 1 is 1.38 bits per heavy atom. The Morgan fingerprint density at radius 2 is 2.19 bits per heavy atom. The number of nitrogens with two attached hydrogens (primary N) is 1. The van der Waals surface area contributed by atoms with Crippen molar-refractivity contribution in [3.8, 4) is 5.88 Å². The van der Waals surface area contributed by atoms with Crippen LogP contribution in [0.15, 0.2) is 18.3 Å². The number of nitrogens with zero attached hydrogens (tertiary/aromatic N) is 1. The minimum atomic E-state index is 0.252. The molecule has 1 atom stereocenters. The zero-order valence-corrected chi connectivity index (χ0v) is 10.3. The summed E-state index contributed by atoms with van der Waals surface area (Å²) in [6.45, 7) is 2.21. The second-order valence-corrected chi connectivity index (χ2v) is 4.17. The third-order valence-electron chi connectivity index (χ3n) is 2.68. The lowest BCUT2D eigenvalue weighted by atomic mass is 10.0. The highest BCUT2D eigenvalue weighted by Crippen LogP contribution is 2.10. The van der Waals surface area contributed by atoms with Gasteiger partial charge in [-0.25, -0.2) is 4.98 Å². The minimum absolute atomic E-state index is 0.252. The maximum absolute atomic E-state index is 6.06. The first kappa shape index (κ1) is 13.0. The van der Waals surface area contributed by atoms with Crippen molar-refractivity contribution in [2.24, 2.45) is 5.73 Å². The molecule has 0 spiro atoms. The highest BCUT2D eigenvalue weighted by atomic mass is 16.5. The van der Waals surface area contributed by atoms with E-state index in [1.54, 1.807) is 7.11 Å². The number of hydrogen-bond acceptors (Lipinski definition) is 3. The monoisotopic (exact) mass is 222 g/mol. The van der Waals surface area contributed by atoms with Gasteiger partial charge in [0.05, 0.1) is 7.11 Å². The van der Waals surface area contributed by atoms with Crippen molar-refractivity contribution in [1.82, 2.24) is 4.98 Å². The average molecular weight is 222 g/mol. The van der Waals surface area contributed by atoms with E-state index in [1.165, 1.54) is 24.8 Å². The van der Waals surface area contributed by atoms with Crippen LogP contribution in [0.2, 0.25) is 0 Å². The molecule has 0 fully saturated rings. The molecular weight excluding hydrogens is 200 g/mol. The summed E-state index contributed by atoms with van der Waals surface area (Å²) >= 11 is 0. The fraction of sp³-hybridized carbons (Fsp3) is 0.615. The van der Waals surface area contributed by atoms with E-state index in [1.807, 2.05) is 18.3 Å². The van der Waals surface area contributed by atoms with E-state index in [0.717, 1.165) is 12.8 Å². The van der Waals surface area contributed by atoms with Gasteiger partial charge in [0.2, 0.25) is 5.88 Å². The fourth-order valence-corrected chi connectivity index (χ4v) is 1.71. The quantitative estimate of drug-likeness (QED) is 0.721. The average Bonchev–Trinajstić information content (AvgIpc) is 2.30. The number of aromatic nitrogens is 1. The van der Waals surface area contributed by atoms with Gasteiger partial charge in [-0.1, -0.05) is 32.3 Å². The van der Waals surface area contributed by atoms with Crippen molar-refractivity contribution < 1.29 is 4.74 Å². The zero-order valence-electron chi connectivity index (χ0n) is 10.3. The number of pyridine rings is 1. The summed E-state index contributed by atoms with van der Waals surface area (Å²) in [6.07, 6.45) is 7.59. The van der Waals surface area contributed by atoms with Crippen LogP contribution in [-0.4, -0.2) is 18.1 Å². The first-order valence-corrected chi connectivity index (χ1v) is 6.00. The maximum Gasteiger partial charge on any atom is 0.212 e. The Hall–Kier alpha value is -1.09. The van der Waals surface area contributed by atoms with Crippen molar-refractivity contribution in [1.29, 1.82) is 0 Å². The molecule has 3 heteroatoms. The molecule has 1 heterocycles. The van der Waals surface area contributed by atoms with E-state index >= 15 is 0 Å². The summed E-state index contributed by atoms with van der Waals surface area (Å²) < 4.78 is 5.01. The molecule has 0 bridgehead atoms. The van der Waals surface area contributed by atoms with Crippen LogP contribution in [0.4, 0.5) is 0 Å². The number of hydrogen-bond donors (Lipinski definition) is 1. The third-order valence-corrected chi connectivity index (χ3v) is 2.68. The molecule has 1 aromatic rings. The number of rotatable bonds is 7. The molecule has 0 aliphatic rings. The summed E-state index contributed by atoms with van der Waals surface area (Å²) in [5, 5.41) is 0. The summed E-state index contributed by atoms with van der Waals surface area (Å²) in [6, 6.07) is 4.17. The Morgan fingerprint density at radius 3 is 2.75 bits per heavy atom. The van der Waals surface area contributed by atoms with Gasteiger partial charge >= 0.3 is 0 Å². The summed E-state index contributed by atoms with van der Waals surface area (Å²) in [7, 11) is 1.62. The van der Waals surface area contributed by atoms with Crippen LogP contribution >= 0.6 is 0 Å². The molecule has 0 saturated carbocycles. The SMILES string of the molecule is CCCCCC(N)Cc1ccc(OC)nc1. The van der Waals surface area contributed by atoms with Crippen LogP contribution < -0.4 is 10.5 Å². The van der Waals surface area contributed by atoms with E-state index in [0.29, 0.717) is 5.88 Å². The molecule has 0 aliphatic heterocycles. The molecule has 0 saturated heterocycles. The van der Waals surface area contributed by atoms with Crippen LogP contribution in [0, 0.1) is 0 Å². The van der Waals surface area contributed by atoms with E-state index in [-0.39, 0.29) is 6.04 Å². The maximum atomic E-state index is 6.06. The minimum Gasteiger partial charge on any atom is -0.481 e. The van der Waals surface area contributed by atoms with Gasteiger partial charge in [0.15, 0.2) is 0 Å². The van der Waals surface area contributed by atoms with Crippen LogP contribution in [0.5, 0.6) is 5.88 Å². The summed E-state index contributed by atoms with van der Waals surface area (Å²) in [5.74, 6) is 0.656. The molecule has 1 aromatic heterocycles. The molecule has 16 heavy (non-hydrogen) atoms. The van der Waals surface area contributed by atoms with Gasteiger partial charge in [0.1, 0.15) is 0 Å². The molecule has 3 nitrogen and oxygen atoms in total. The van der Waals surface area contributed by atoms with Crippen molar-refractivity contribution in [3.05, 3.63) is 23.9 Å². The normalized spacial score (nSPS) is 12.4. The van der Waals surface area contributed by atoms with Gasteiger partial charge in [-0.3, -0.25) is 0 Å². The molecule has 0 radical (unpaired) electrons. The Labute approximate surface area is 98.0 Å². The summed E-state index contributed by atoms with van der Waals surface area (Å²) in [4.78, 5) is 4.17. The van der Waals surface area contributed by atoms with Crippen molar-refractivity contribution >= 4 is 0 Å². The van der Waals surface area contributed by atoms with E-state index in [2.05, 4.69) is 11.9 Å². The van der Waals surface area contributed by atoms with Gasteiger partial charge in [-0.2, -0.15) is 0 Å².